The lowest BCUT2D eigenvalue weighted by atomic mass is 9.96. The molecule has 2 unspecified atom stereocenters. The van der Waals surface area contributed by atoms with Gasteiger partial charge in [-0.1, -0.05) is 66.2 Å². The molecule has 0 spiro atoms. The molecule has 1 amide bonds. The molecule has 1 aliphatic rings. The highest BCUT2D eigenvalue weighted by atomic mass is 19.4. The second-order valence-corrected chi connectivity index (χ2v) is 8.23. The number of benzene rings is 3. The molecule has 2 heterocycles. The van der Waals surface area contributed by atoms with Crippen molar-refractivity contribution in [1.29, 1.82) is 0 Å². The van der Waals surface area contributed by atoms with Gasteiger partial charge in [0.15, 0.2) is 6.04 Å². The number of nitrogens with one attached hydrogen (secondary N) is 2. The van der Waals surface area contributed by atoms with Crippen LogP contribution in [0.5, 0.6) is 0 Å². The minimum Gasteiger partial charge on any atom is -0.363 e. The highest BCUT2D eigenvalue weighted by Gasteiger charge is 2.47. The van der Waals surface area contributed by atoms with Gasteiger partial charge in [-0.05, 0) is 23.9 Å². The first-order chi connectivity index (χ1) is 15.8. The minimum absolute atomic E-state index is 0.0619. The highest BCUT2D eigenvalue weighted by Crippen LogP contribution is 2.44. The fraction of sp³-hybridized carbons (Fsp3) is 0.200. The third-order valence-electron chi connectivity index (χ3n) is 6.00. The molecule has 168 valence electrons. The van der Waals surface area contributed by atoms with Gasteiger partial charge in [0.1, 0.15) is 11.4 Å². The molecular formula is C25H21F3N4O. The molecule has 2 N–H and O–H groups in total. The summed E-state index contributed by atoms with van der Waals surface area (Å²) in [5.74, 6) is -0.461. The summed E-state index contributed by atoms with van der Waals surface area (Å²) in [6, 6.07) is 18.0. The minimum atomic E-state index is -4.50. The molecule has 2 atom stereocenters. The van der Waals surface area contributed by atoms with Crippen LogP contribution in [0.1, 0.15) is 40.0 Å². The van der Waals surface area contributed by atoms with Gasteiger partial charge in [-0.15, -0.1) is 0 Å². The average Bonchev–Trinajstić information content (AvgIpc) is 3.22. The number of hydrogen-bond donors (Lipinski definition) is 2. The summed E-state index contributed by atoms with van der Waals surface area (Å²) < 4.78 is 42.6. The van der Waals surface area contributed by atoms with Crippen molar-refractivity contribution in [3.8, 4) is 0 Å². The Labute approximate surface area is 188 Å². The SMILES string of the molecule is Cc1ccc(C2CC(C(F)(F)F)n3ncc(C(=O)Nc4cccc5ccccc45)c3N2)cc1. The van der Waals surface area contributed by atoms with Crippen molar-refractivity contribution in [3.63, 3.8) is 0 Å². The summed E-state index contributed by atoms with van der Waals surface area (Å²) in [6.45, 7) is 1.92. The van der Waals surface area contributed by atoms with Crippen LogP contribution < -0.4 is 10.6 Å². The van der Waals surface area contributed by atoms with Crippen LogP contribution in [0.3, 0.4) is 0 Å². The van der Waals surface area contributed by atoms with Crippen LogP contribution in [-0.2, 0) is 0 Å². The van der Waals surface area contributed by atoms with Crippen LogP contribution in [0, 0.1) is 6.92 Å². The normalized spacial score (nSPS) is 17.9. The predicted molar refractivity (Wildman–Crippen MR) is 121 cm³/mol. The first kappa shape index (κ1) is 21.1. The van der Waals surface area contributed by atoms with E-state index in [0.717, 1.165) is 26.6 Å². The smallest absolute Gasteiger partial charge is 0.363 e. The molecule has 8 heteroatoms. The van der Waals surface area contributed by atoms with Crippen LogP contribution in [0.4, 0.5) is 24.7 Å². The Hall–Kier alpha value is -3.81. The molecule has 0 saturated heterocycles. The van der Waals surface area contributed by atoms with E-state index in [1.165, 1.54) is 6.20 Å². The van der Waals surface area contributed by atoms with Crippen LogP contribution in [0.25, 0.3) is 10.8 Å². The van der Waals surface area contributed by atoms with E-state index in [0.29, 0.717) is 5.69 Å². The number of aromatic nitrogens is 2. The monoisotopic (exact) mass is 450 g/mol. The molecule has 0 fully saturated rings. The fourth-order valence-electron chi connectivity index (χ4n) is 4.27. The molecule has 5 rings (SSSR count). The van der Waals surface area contributed by atoms with Gasteiger partial charge in [-0.25, -0.2) is 4.68 Å². The van der Waals surface area contributed by atoms with Gasteiger partial charge in [0.25, 0.3) is 5.91 Å². The number of halogens is 3. The lowest BCUT2D eigenvalue weighted by molar-refractivity contribution is -0.173. The van der Waals surface area contributed by atoms with Crippen molar-refractivity contribution in [2.45, 2.75) is 31.6 Å². The molecule has 3 aromatic carbocycles. The second kappa shape index (κ2) is 7.95. The number of carbonyl (C=O) groups excluding carboxylic acids is 1. The van der Waals surface area contributed by atoms with Gasteiger partial charge in [0.2, 0.25) is 0 Å². The van der Waals surface area contributed by atoms with Crippen molar-refractivity contribution in [3.05, 3.63) is 89.6 Å². The molecule has 0 saturated carbocycles. The average molecular weight is 450 g/mol. The third-order valence-corrected chi connectivity index (χ3v) is 6.00. The Morgan fingerprint density at radius 3 is 2.55 bits per heavy atom. The number of aryl methyl sites for hydroxylation is 1. The number of rotatable bonds is 3. The maximum atomic E-state index is 13.9. The maximum Gasteiger partial charge on any atom is 0.410 e. The molecule has 33 heavy (non-hydrogen) atoms. The lowest BCUT2D eigenvalue weighted by Gasteiger charge is -2.34. The van der Waals surface area contributed by atoms with Crippen LogP contribution >= 0.6 is 0 Å². The predicted octanol–water partition coefficient (Wildman–Crippen LogP) is 6.26. The highest BCUT2D eigenvalue weighted by molar-refractivity contribution is 6.11. The number of anilines is 2. The zero-order chi connectivity index (χ0) is 23.2. The van der Waals surface area contributed by atoms with Crippen molar-refractivity contribution >= 4 is 28.2 Å². The summed E-state index contributed by atoms with van der Waals surface area (Å²) in [7, 11) is 0. The summed E-state index contributed by atoms with van der Waals surface area (Å²) in [5.41, 5.74) is 2.38. The van der Waals surface area contributed by atoms with Gasteiger partial charge in [-0.3, -0.25) is 4.79 Å². The van der Waals surface area contributed by atoms with Crippen molar-refractivity contribution in [2.24, 2.45) is 0 Å². The summed E-state index contributed by atoms with van der Waals surface area (Å²) in [6.07, 6.45) is -3.53. The first-order valence-corrected chi connectivity index (χ1v) is 10.6. The zero-order valence-electron chi connectivity index (χ0n) is 17.7. The number of carbonyl (C=O) groups is 1. The fourth-order valence-corrected chi connectivity index (χ4v) is 4.27. The lowest BCUT2D eigenvalue weighted by Crippen LogP contribution is -2.36. The first-order valence-electron chi connectivity index (χ1n) is 10.6. The summed E-state index contributed by atoms with van der Waals surface area (Å²) in [5, 5.41) is 11.7. The van der Waals surface area contributed by atoms with Gasteiger partial charge < -0.3 is 10.6 Å². The molecular weight excluding hydrogens is 429 g/mol. The number of nitrogens with zero attached hydrogens (tertiary/aromatic N) is 2. The molecule has 1 aromatic heterocycles. The number of alkyl halides is 3. The van der Waals surface area contributed by atoms with Gasteiger partial charge >= 0.3 is 6.18 Å². The molecule has 0 radical (unpaired) electrons. The largest absolute Gasteiger partial charge is 0.410 e. The number of hydrogen-bond acceptors (Lipinski definition) is 3. The van der Waals surface area contributed by atoms with Crippen LogP contribution in [-0.4, -0.2) is 21.9 Å². The van der Waals surface area contributed by atoms with E-state index in [-0.39, 0.29) is 17.8 Å². The van der Waals surface area contributed by atoms with E-state index < -0.39 is 24.2 Å². The molecule has 4 aromatic rings. The molecule has 0 aliphatic carbocycles. The Balaban J connectivity index is 1.51. The van der Waals surface area contributed by atoms with Crippen LogP contribution in [0.2, 0.25) is 0 Å². The Kier molecular flexibility index (Phi) is 5.08. The van der Waals surface area contributed by atoms with E-state index in [1.807, 2.05) is 67.6 Å². The van der Waals surface area contributed by atoms with Crippen LogP contribution in [0.15, 0.2) is 72.9 Å². The summed E-state index contributed by atoms with van der Waals surface area (Å²) >= 11 is 0. The van der Waals surface area contributed by atoms with Crippen molar-refractivity contribution < 1.29 is 18.0 Å². The second-order valence-electron chi connectivity index (χ2n) is 8.23. The van der Waals surface area contributed by atoms with Gasteiger partial charge in [-0.2, -0.15) is 18.3 Å². The Bertz CT molecular complexity index is 1320. The van der Waals surface area contributed by atoms with E-state index in [1.54, 1.807) is 6.07 Å². The van der Waals surface area contributed by atoms with E-state index in [2.05, 4.69) is 15.7 Å². The van der Waals surface area contributed by atoms with Crippen molar-refractivity contribution in [1.82, 2.24) is 9.78 Å². The quantitative estimate of drug-likeness (QED) is 0.388. The number of amides is 1. The zero-order valence-corrected chi connectivity index (χ0v) is 17.7. The van der Waals surface area contributed by atoms with Gasteiger partial charge in [0, 0.05) is 17.5 Å². The summed E-state index contributed by atoms with van der Waals surface area (Å²) in [4.78, 5) is 13.1. The van der Waals surface area contributed by atoms with E-state index in [9.17, 15) is 18.0 Å². The molecule has 1 aliphatic heterocycles. The molecule has 5 nitrogen and oxygen atoms in total. The topological polar surface area (TPSA) is 59.0 Å². The standard InChI is InChI=1S/C25H21F3N4O/c1-15-9-11-17(12-10-15)21-13-22(25(26,27)28)32-23(30-21)19(14-29-32)24(33)31-20-8-4-6-16-5-2-3-7-18(16)20/h2-12,14,21-22,30H,13H2,1H3,(H,31,33). The maximum absolute atomic E-state index is 13.9. The Morgan fingerprint density at radius 1 is 1.06 bits per heavy atom. The number of fused-ring (bicyclic) bond motifs is 2. The molecule has 0 bridgehead atoms. The van der Waals surface area contributed by atoms with Gasteiger partial charge in [0.05, 0.1) is 12.2 Å². The Morgan fingerprint density at radius 2 is 1.79 bits per heavy atom. The third kappa shape index (κ3) is 3.92. The van der Waals surface area contributed by atoms with E-state index in [4.69, 9.17) is 0 Å². The van der Waals surface area contributed by atoms with Crippen molar-refractivity contribution in [2.75, 3.05) is 10.6 Å². The van der Waals surface area contributed by atoms with E-state index >= 15 is 0 Å².